The summed E-state index contributed by atoms with van der Waals surface area (Å²) in [7, 11) is 5.42. The molecule has 0 aliphatic carbocycles. The zero-order valence-corrected chi connectivity index (χ0v) is 77.6. The van der Waals surface area contributed by atoms with Gasteiger partial charge in [0.1, 0.15) is 42.0 Å². The molecule has 722 valence electrons. The number of likely N-dealkylation sites (N-methyl/N-ethyl adjacent to an activating group) is 4. The second-order valence-electron chi connectivity index (χ2n) is 34.5. The molecule has 20 N–H and O–H groups in total. The van der Waals surface area contributed by atoms with E-state index in [1.54, 1.807) is 91.3 Å². The van der Waals surface area contributed by atoms with Crippen molar-refractivity contribution in [3.05, 3.63) is 126 Å². The highest BCUT2D eigenvalue weighted by molar-refractivity contribution is 8.00. The average Bonchev–Trinajstić information content (AvgIpc) is 1.80. The molecule has 2 aliphatic heterocycles. The van der Waals surface area contributed by atoms with Gasteiger partial charge in [-0.3, -0.25) is 86.9 Å². The number of thioether (sulfide) groups is 1. The molecule has 3 aromatic heterocycles. The zero-order valence-electron chi connectivity index (χ0n) is 76.8. The van der Waals surface area contributed by atoms with E-state index in [-0.39, 0.29) is 96.0 Å². The summed E-state index contributed by atoms with van der Waals surface area (Å²) < 4.78 is 0. The first kappa shape index (κ1) is 106. The predicted octanol–water partition coefficient (Wildman–Crippen LogP) is 1.31. The normalized spacial score (nSPS) is 23.6. The van der Waals surface area contributed by atoms with Crippen LogP contribution in [0.25, 0.3) is 21.8 Å². The van der Waals surface area contributed by atoms with Gasteiger partial charge in [-0.15, -0.1) is 11.8 Å². The second kappa shape index (κ2) is 52.5. The van der Waals surface area contributed by atoms with E-state index < -0.39 is 241 Å². The Morgan fingerprint density at radius 2 is 1.11 bits per heavy atom. The number of aliphatic hydroxyl groups excluding tert-OH is 1. The van der Waals surface area contributed by atoms with Crippen LogP contribution in [0.15, 0.2) is 104 Å². The number of carbonyl (C=O) groups excluding carboxylic acids is 17. The number of hydrogen-bond acceptors (Lipinski definition) is 22. The van der Waals surface area contributed by atoms with E-state index in [9.17, 15) is 53.1 Å². The number of H-pyrrole nitrogens is 3. The van der Waals surface area contributed by atoms with E-state index in [1.165, 1.54) is 62.3 Å². The number of aliphatic hydroxyl groups is 1. The van der Waals surface area contributed by atoms with Gasteiger partial charge in [0.05, 0.1) is 62.2 Å². The second-order valence-corrected chi connectivity index (χ2v) is 35.6. The van der Waals surface area contributed by atoms with Gasteiger partial charge < -0.3 is 105 Å². The Morgan fingerprint density at radius 3 is 1.73 bits per heavy atom. The highest BCUT2D eigenvalue weighted by Gasteiger charge is 2.44. The standard InChI is InChI=1S/C93H131N21O18S/c1-8-10-31-73-78(118)41-57(26-21-35-100-93(97)98)85(125)109-72(87(127)103-49-81(96)121)52-133-53-83(123)106-69(37-56-23-13-12-14-24-56)89(129)111(5)55(3)84(124)107-71(45-80(95)120)91(131)114-36-22-33-74(114)79(119)43-59(38-63-48-99-54-104-63)76(116)42-58(25-19-20-34-94)88(128)110(4)50-82(122)105-68(39-60-46-101-66-29-17-15-27-64(60)66)77(117)44-62(51-115)86(126)108-70(40-61-47-102-67-30-18-16-28-65(61)67)90(130)113(7)75(32-11-9-2)92(132)112(73)6/h12-18,23-24,27-30,46-48,54-55,57-59,62,68-75,101-102,115H,8-11,19-22,25-26,31-45,49-53,94H2,1-7H3,(H2,95,120)(H2,96,121)(H,99,104)(H,103,127)(H,105,122)(H,106,123)(H,107,124)(H,108,126)(H,109,125)(H4,97,98,100)/t55-,57+,58+,59+,62-,68-,69-,70-,71-,72-,73-,74-,75-/m0/s1. The van der Waals surface area contributed by atoms with Crippen LogP contribution in [0.3, 0.4) is 0 Å². The number of nitrogens with two attached hydrogens (primary N) is 4. The fourth-order valence-electron chi connectivity index (χ4n) is 17.0. The van der Waals surface area contributed by atoms with Crippen LogP contribution in [0, 0.1) is 29.1 Å². The molecule has 8 rings (SSSR count). The first-order valence-corrected chi connectivity index (χ1v) is 46.6. The predicted molar refractivity (Wildman–Crippen MR) is 498 cm³/mol. The number of nitrogens with one attached hydrogen (secondary N) is 11. The molecule has 0 saturated carbocycles. The lowest BCUT2D eigenvalue weighted by Gasteiger charge is -2.36. The van der Waals surface area contributed by atoms with Crippen molar-refractivity contribution in [2.45, 2.75) is 216 Å². The van der Waals surface area contributed by atoms with Crippen LogP contribution in [0.4, 0.5) is 0 Å². The minimum atomic E-state index is -1.70. The van der Waals surface area contributed by atoms with E-state index in [0.717, 1.165) is 21.6 Å². The number of fused-ring (bicyclic) bond motifs is 3. The number of rotatable bonds is 28. The lowest BCUT2D eigenvalue weighted by molar-refractivity contribution is -0.149. The van der Waals surface area contributed by atoms with Crippen LogP contribution in [0.1, 0.15) is 159 Å². The van der Waals surface area contributed by atoms with Crippen molar-refractivity contribution in [1.82, 2.24) is 81.7 Å². The highest BCUT2D eigenvalue weighted by atomic mass is 32.2. The maximum Gasteiger partial charge on any atom is 0.246 e. The Kier molecular flexibility index (Phi) is 41.7. The fraction of sp³-hybridized carbons (Fsp3) is 0.538. The Morgan fingerprint density at radius 1 is 0.541 bits per heavy atom. The molecule has 0 bridgehead atoms. The number of unbranched alkanes of at least 4 members (excludes halogenated alkanes) is 3. The zero-order chi connectivity index (χ0) is 97.1. The Bertz CT molecular complexity index is 5050. The Labute approximate surface area is 777 Å². The fourth-order valence-corrected chi connectivity index (χ4v) is 17.8. The van der Waals surface area contributed by atoms with Crippen molar-refractivity contribution >= 4 is 139 Å². The minimum Gasteiger partial charge on any atom is -0.396 e. The van der Waals surface area contributed by atoms with Gasteiger partial charge in [-0.25, -0.2) is 4.98 Å². The van der Waals surface area contributed by atoms with Gasteiger partial charge in [0, 0.05) is 156 Å². The van der Waals surface area contributed by atoms with Gasteiger partial charge in [0.15, 0.2) is 23.3 Å². The number of nitrogens with zero attached hydrogens (tertiary/aromatic N) is 6. The summed E-state index contributed by atoms with van der Waals surface area (Å²) >= 11 is 0.823. The third kappa shape index (κ3) is 31.2. The summed E-state index contributed by atoms with van der Waals surface area (Å²) in [5.41, 5.74) is 26.3. The van der Waals surface area contributed by atoms with Crippen molar-refractivity contribution in [3.63, 3.8) is 0 Å². The molecular weight excluding hydrogens is 1730 g/mol. The summed E-state index contributed by atoms with van der Waals surface area (Å²) in [6.45, 7) is 2.99. The lowest BCUT2D eigenvalue weighted by Crippen LogP contribution is -2.58. The topological polar surface area (TPSA) is 599 Å². The third-order valence-corrected chi connectivity index (χ3v) is 25.6. The number of primary amides is 2. The number of Topliss-reactive ketones (excluding diaryl/α,β-unsaturated/α-hetero) is 4. The molecule has 13 atom stereocenters. The molecule has 6 aromatic rings. The summed E-state index contributed by atoms with van der Waals surface area (Å²) in [5.74, 6) is -19.9. The SMILES string of the molecule is CCCC[C@H]1C(=O)N(C)[C@@H](CCCC)C(=O)C[C@@H](CCCNC(=N)N)C(=O)N[C@H](C(=O)NCC(N)=O)CSCC(=O)N[C@@H](Cc2ccccc2)C(=O)N(C)[C@@H](C)C(=O)N[C@@H](CC(N)=O)C(=O)N2CCC[C@H]2C(=O)C[C@@H](Cc2cnc[nH]2)C(=O)C[C@@H](CCCCN)C(=O)N(C)CC(=O)N[C@@H](Cc2c[nH]c3ccccc23)C(=O)C[C@@H](CO)C(=O)N[C@@H](Cc2c[nH]c3ccccc23)C(=O)N1C. The molecule has 0 radical (unpaired) electrons. The van der Waals surface area contributed by atoms with Gasteiger partial charge in [-0.1, -0.05) is 113 Å². The van der Waals surface area contributed by atoms with Crippen LogP contribution >= 0.6 is 11.8 Å². The first-order chi connectivity index (χ1) is 63.6. The van der Waals surface area contributed by atoms with Crippen molar-refractivity contribution in [1.29, 1.82) is 5.41 Å². The highest BCUT2D eigenvalue weighted by Crippen LogP contribution is 2.30. The minimum absolute atomic E-state index is 0.0390. The van der Waals surface area contributed by atoms with Gasteiger partial charge >= 0.3 is 0 Å². The van der Waals surface area contributed by atoms with E-state index in [0.29, 0.717) is 82.7 Å². The number of aromatic nitrogens is 4. The average molecular weight is 1860 g/mol. The number of guanidine groups is 1. The Balaban J connectivity index is 1.18. The molecule has 3 aromatic carbocycles. The molecule has 2 fully saturated rings. The molecule has 2 saturated heterocycles. The smallest absolute Gasteiger partial charge is 0.246 e. The molecule has 0 spiro atoms. The van der Waals surface area contributed by atoms with E-state index in [1.807, 2.05) is 13.8 Å². The quantitative estimate of drug-likeness (QED) is 0.0187. The maximum absolute atomic E-state index is 15.7. The monoisotopic (exact) mass is 1860 g/mol. The number of para-hydroxylation sites is 2. The van der Waals surface area contributed by atoms with Gasteiger partial charge in [0.25, 0.3) is 0 Å². The molecular formula is C93H131N21O18S. The third-order valence-electron chi connectivity index (χ3n) is 24.6. The molecule has 39 nitrogen and oxygen atoms in total. The summed E-state index contributed by atoms with van der Waals surface area (Å²) in [5, 5.41) is 39.1. The molecule has 2 aliphatic rings. The van der Waals surface area contributed by atoms with Gasteiger partial charge in [0.2, 0.25) is 76.8 Å². The number of benzene rings is 3. The van der Waals surface area contributed by atoms with Crippen molar-refractivity contribution in [2.24, 2.45) is 46.6 Å². The largest absolute Gasteiger partial charge is 0.396 e. The number of aromatic amines is 3. The van der Waals surface area contributed by atoms with Crippen molar-refractivity contribution in [2.75, 3.05) is 79.0 Å². The molecule has 5 heterocycles. The van der Waals surface area contributed by atoms with Crippen molar-refractivity contribution < 1.29 is 86.6 Å². The van der Waals surface area contributed by atoms with Crippen molar-refractivity contribution in [3.8, 4) is 0 Å². The van der Waals surface area contributed by atoms with E-state index >= 15 is 33.6 Å². The Hall–Kier alpha value is -12.7. The van der Waals surface area contributed by atoms with Crippen LogP contribution in [0.5, 0.6) is 0 Å². The maximum atomic E-state index is 15.7. The van der Waals surface area contributed by atoms with E-state index in [2.05, 4.69) is 57.2 Å². The molecule has 13 amide bonds. The number of imidazole rings is 1. The molecule has 0 unspecified atom stereocenters. The number of carbonyl (C=O) groups is 17. The van der Waals surface area contributed by atoms with Crippen LogP contribution in [-0.4, -0.2) is 289 Å². The molecule has 40 heteroatoms. The van der Waals surface area contributed by atoms with Crippen LogP contribution in [-0.2, 0) is 107 Å². The van der Waals surface area contributed by atoms with Gasteiger partial charge in [-0.05, 0) is 100 Å². The number of ketones is 4. The molecule has 133 heavy (non-hydrogen) atoms. The summed E-state index contributed by atoms with van der Waals surface area (Å²) in [4.78, 5) is 269. The van der Waals surface area contributed by atoms with E-state index in [4.69, 9.17) is 28.3 Å². The first-order valence-electron chi connectivity index (χ1n) is 45.4. The number of hydrogen-bond donors (Lipinski definition) is 16. The summed E-state index contributed by atoms with van der Waals surface area (Å²) in [6.07, 6.45) is 5.79. The van der Waals surface area contributed by atoms with Crippen LogP contribution < -0.4 is 60.2 Å². The van der Waals surface area contributed by atoms with Gasteiger partial charge in [-0.2, -0.15) is 0 Å². The lowest BCUT2D eigenvalue weighted by atomic mass is 9.84. The number of amides is 13. The summed E-state index contributed by atoms with van der Waals surface area (Å²) in [6, 6.07) is 10.0. The van der Waals surface area contributed by atoms with Crippen LogP contribution in [0.2, 0.25) is 0 Å².